The zero-order chi connectivity index (χ0) is 22.1. The van der Waals surface area contributed by atoms with E-state index >= 15 is 0 Å². The number of ketones is 1. The second kappa shape index (κ2) is 11.5. The second-order valence-corrected chi connectivity index (χ2v) is 8.04. The predicted octanol–water partition coefficient (Wildman–Crippen LogP) is 6.50. The maximum absolute atomic E-state index is 13.2. The van der Waals surface area contributed by atoms with Crippen molar-refractivity contribution in [2.24, 2.45) is 5.92 Å². The third-order valence-electron chi connectivity index (χ3n) is 5.81. The van der Waals surface area contributed by atoms with Crippen molar-refractivity contribution in [2.45, 2.75) is 57.8 Å². The van der Waals surface area contributed by atoms with Crippen LogP contribution in [0.4, 0.5) is 0 Å². The number of hydrogen-bond donors (Lipinski definition) is 0. The first-order valence-electron chi connectivity index (χ1n) is 11.3. The monoisotopic (exact) mass is 420 g/mol. The van der Waals surface area contributed by atoms with Crippen LogP contribution < -0.4 is 9.47 Å². The minimum absolute atomic E-state index is 0.207. The number of hydrogen-bond acceptors (Lipinski definition) is 4. The van der Waals surface area contributed by atoms with Gasteiger partial charge in [-0.1, -0.05) is 87.6 Å². The van der Waals surface area contributed by atoms with E-state index in [0.29, 0.717) is 17.1 Å². The first-order chi connectivity index (χ1) is 15.2. The largest absolute Gasteiger partial charge is 0.497 e. The first kappa shape index (κ1) is 22.8. The molecular weight excluding hydrogens is 388 g/mol. The summed E-state index contributed by atoms with van der Waals surface area (Å²) in [5.74, 6) is -0.867. The molecule has 2 aromatic carbocycles. The van der Waals surface area contributed by atoms with E-state index in [-0.39, 0.29) is 11.7 Å². The number of rotatable bonds is 11. The molecule has 0 aliphatic carbocycles. The van der Waals surface area contributed by atoms with Gasteiger partial charge in [0.05, 0.1) is 7.11 Å². The van der Waals surface area contributed by atoms with Gasteiger partial charge in [-0.25, -0.2) is 0 Å². The van der Waals surface area contributed by atoms with Crippen molar-refractivity contribution in [3.05, 3.63) is 71.8 Å². The molecular formula is C27H32O4. The van der Waals surface area contributed by atoms with E-state index in [1.165, 1.54) is 32.1 Å². The van der Waals surface area contributed by atoms with Gasteiger partial charge in [-0.3, -0.25) is 9.59 Å². The highest BCUT2D eigenvalue weighted by molar-refractivity contribution is 6.10. The van der Waals surface area contributed by atoms with Crippen molar-refractivity contribution >= 4 is 11.8 Å². The lowest BCUT2D eigenvalue weighted by molar-refractivity contribution is -0.138. The zero-order valence-electron chi connectivity index (χ0n) is 18.5. The fourth-order valence-corrected chi connectivity index (χ4v) is 4.06. The Hall–Kier alpha value is -2.88. The van der Waals surface area contributed by atoms with E-state index in [0.717, 1.165) is 18.4 Å². The summed E-state index contributed by atoms with van der Waals surface area (Å²) < 4.78 is 10.8. The van der Waals surface area contributed by atoms with E-state index in [1.807, 2.05) is 36.4 Å². The molecule has 1 aliphatic rings. The molecule has 31 heavy (non-hydrogen) atoms. The molecule has 4 nitrogen and oxygen atoms in total. The lowest BCUT2D eigenvalue weighted by Gasteiger charge is -2.29. The van der Waals surface area contributed by atoms with Gasteiger partial charge >= 0.3 is 5.97 Å². The maximum atomic E-state index is 13.2. The molecule has 0 spiro atoms. The van der Waals surface area contributed by atoms with Crippen molar-refractivity contribution in [3.63, 3.8) is 0 Å². The molecule has 0 saturated heterocycles. The molecule has 2 unspecified atom stereocenters. The van der Waals surface area contributed by atoms with E-state index in [1.54, 1.807) is 25.3 Å². The van der Waals surface area contributed by atoms with E-state index < -0.39 is 11.9 Å². The summed E-state index contributed by atoms with van der Waals surface area (Å²) in [6.07, 6.45) is 12.5. The SMILES string of the molecule is CCCCCCCC/C=C/C1c2ccc(OC)cc2OC(=O)C1C(=O)c1ccccc1. The quantitative estimate of drug-likeness (QED) is 0.104. The molecule has 0 aromatic heterocycles. The van der Waals surface area contributed by atoms with E-state index in [2.05, 4.69) is 13.0 Å². The van der Waals surface area contributed by atoms with Gasteiger partial charge in [0.15, 0.2) is 5.78 Å². The maximum Gasteiger partial charge on any atom is 0.323 e. The Morgan fingerprint density at radius 3 is 2.52 bits per heavy atom. The van der Waals surface area contributed by atoms with E-state index in [4.69, 9.17) is 9.47 Å². The normalized spacial score (nSPS) is 17.9. The topological polar surface area (TPSA) is 52.6 Å². The molecule has 0 N–H and O–H groups in total. The fraction of sp³-hybridized carbons (Fsp3) is 0.407. The highest BCUT2D eigenvalue weighted by Crippen LogP contribution is 2.42. The zero-order valence-corrected chi connectivity index (χ0v) is 18.5. The average Bonchev–Trinajstić information content (AvgIpc) is 2.80. The van der Waals surface area contributed by atoms with Crippen molar-refractivity contribution in [1.82, 2.24) is 0 Å². The van der Waals surface area contributed by atoms with Gasteiger partial charge in [0, 0.05) is 23.1 Å². The molecule has 2 aromatic rings. The van der Waals surface area contributed by atoms with Crippen LogP contribution in [0.5, 0.6) is 11.5 Å². The molecule has 1 aliphatic heterocycles. The smallest absolute Gasteiger partial charge is 0.323 e. The second-order valence-electron chi connectivity index (χ2n) is 8.04. The molecule has 0 bridgehead atoms. The van der Waals surface area contributed by atoms with Gasteiger partial charge in [0.1, 0.15) is 17.4 Å². The minimum Gasteiger partial charge on any atom is -0.497 e. The van der Waals surface area contributed by atoms with Gasteiger partial charge in [-0.15, -0.1) is 0 Å². The molecule has 2 atom stereocenters. The molecule has 0 fully saturated rings. The Labute approximate surface area is 185 Å². The third kappa shape index (κ3) is 5.84. The summed E-state index contributed by atoms with van der Waals surface area (Å²) in [6.45, 7) is 2.22. The highest BCUT2D eigenvalue weighted by Gasteiger charge is 2.41. The Balaban J connectivity index is 1.80. The third-order valence-corrected chi connectivity index (χ3v) is 5.81. The number of methoxy groups -OCH3 is 1. The van der Waals surface area contributed by atoms with Crippen molar-refractivity contribution in [1.29, 1.82) is 0 Å². The Morgan fingerprint density at radius 1 is 1.03 bits per heavy atom. The number of carbonyl (C=O) groups is 2. The van der Waals surface area contributed by atoms with Gasteiger partial charge in [0.2, 0.25) is 0 Å². The van der Waals surface area contributed by atoms with Crippen molar-refractivity contribution in [2.75, 3.05) is 7.11 Å². The molecule has 164 valence electrons. The van der Waals surface area contributed by atoms with Crippen LogP contribution in [0.3, 0.4) is 0 Å². The number of unbranched alkanes of at least 4 members (excludes halogenated alkanes) is 6. The van der Waals surface area contributed by atoms with Crippen LogP contribution in [0.1, 0.15) is 73.7 Å². The number of ether oxygens (including phenoxy) is 2. The fourth-order valence-electron chi connectivity index (χ4n) is 4.06. The summed E-state index contributed by atoms with van der Waals surface area (Å²) >= 11 is 0. The lowest BCUT2D eigenvalue weighted by atomic mass is 9.79. The molecule has 3 rings (SSSR count). The Bertz CT molecular complexity index is 901. The summed E-state index contributed by atoms with van der Waals surface area (Å²) in [6, 6.07) is 14.4. The standard InChI is InChI=1S/C27H32O4/c1-3-4-5-6-7-8-9-13-16-23-22-18-17-21(30-2)19-24(22)31-27(29)25(23)26(28)20-14-11-10-12-15-20/h10-19,23,25H,3-9H2,1-2H3/b16-13+. The number of Topliss-reactive ketones (excluding diaryl/α,β-unsaturated/α-hetero) is 1. The van der Waals surface area contributed by atoms with Crippen molar-refractivity contribution < 1.29 is 19.1 Å². The summed E-state index contributed by atoms with van der Waals surface area (Å²) in [5, 5.41) is 0. The van der Waals surface area contributed by atoms with Gasteiger partial charge in [-0.05, 0) is 18.9 Å². The van der Waals surface area contributed by atoms with E-state index in [9.17, 15) is 9.59 Å². The number of esters is 1. The number of fused-ring (bicyclic) bond motifs is 1. The summed E-state index contributed by atoms with van der Waals surface area (Å²) in [4.78, 5) is 26.1. The highest BCUT2D eigenvalue weighted by atomic mass is 16.5. The summed E-state index contributed by atoms with van der Waals surface area (Å²) in [5.41, 5.74) is 1.37. The number of allylic oxidation sites excluding steroid dienone is 2. The van der Waals surface area contributed by atoms with Crippen LogP contribution in [0.2, 0.25) is 0 Å². The average molecular weight is 421 g/mol. The number of carbonyl (C=O) groups excluding carboxylic acids is 2. The van der Waals surface area contributed by atoms with Gasteiger partial charge in [0.25, 0.3) is 0 Å². The molecule has 1 heterocycles. The molecule has 0 amide bonds. The van der Waals surface area contributed by atoms with Crippen molar-refractivity contribution in [3.8, 4) is 11.5 Å². The Kier molecular flexibility index (Phi) is 8.45. The molecule has 0 radical (unpaired) electrons. The van der Waals surface area contributed by atoms with Gasteiger partial charge < -0.3 is 9.47 Å². The lowest BCUT2D eigenvalue weighted by Crippen LogP contribution is -2.36. The van der Waals surface area contributed by atoms with Gasteiger partial charge in [-0.2, -0.15) is 0 Å². The Morgan fingerprint density at radius 2 is 1.77 bits per heavy atom. The molecule has 4 heteroatoms. The molecule has 0 saturated carbocycles. The van der Waals surface area contributed by atoms with Crippen LogP contribution in [0.15, 0.2) is 60.7 Å². The van der Waals surface area contributed by atoms with Crippen LogP contribution >= 0.6 is 0 Å². The van der Waals surface area contributed by atoms with Crippen LogP contribution in [-0.2, 0) is 4.79 Å². The van der Waals surface area contributed by atoms with Crippen LogP contribution in [0.25, 0.3) is 0 Å². The van der Waals surface area contributed by atoms with Crippen LogP contribution in [-0.4, -0.2) is 18.9 Å². The number of benzene rings is 2. The first-order valence-corrected chi connectivity index (χ1v) is 11.3. The van der Waals surface area contributed by atoms with Crippen LogP contribution in [0, 0.1) is 5.92 Å². The minimum atomic E-state index is -0.885. The summed E-state index contributed by atoms with van der Waals surface area (Å²) in [7, 11) is 1.58. The predicted molar refractivity (Wildman–Crippen MR) is 123 cm³/mol.